The summed E-state index contributed by atoms with van der Waals surface area (Å²) in [6.07, 6.45) is 3.34. The van der Waals surface area contributed by atoms with E-state index in [1.54, 1.807) is 12.1 Å². The van der Waals surface area contributed by atoms with Crippen molar-refractivity contribution in [1.29, 1.82) is 5.26 Å². The Morgan fingerprint density at radius 2 is 1.57 bits per heavy atom. The Bertz CT molecular complexity index is 944. The molecule has 0 amide bonds. The Kier molecular flexibility index (Phi) is 9.80. The van der Waals surface area contributed by atoms with Gasteiger partial charge in [-0.25, -0.2) is 0 Å². The number of nitriles is 1. The lowest BCUT2D eigenvalue weighted by Gasteiger charge is -2.40. The van der Waals surface area contributed by atoms with Crippen molar-refractivity contribution < 1.29 is 13.2 Å². The minimum Gasteiger partial charge on any atom is -0.300 e. The van der Waals surface area contributed by atoms with Gasteiger partial charge in [0.25, 0.3) is 0 Å². The van der Waals surface area contributed by atoms with Gasteiger partial charge in [-0.1, -0.05) is 74.7 Å². The molecule has 1 aliphatic rings. The van der Waals surface area contributed by atoms with Crippen LogP contribution in [0.4, 0.5) is 13.2 Å². The van der Waals surface area contributed by atoms with Crippen molar-refractivity contribution >= 4 is 0 Å². The number of halogens is 3. The molecule has 0 aromatic heterocycles. The monoisotopic (exact) mass is 484 g/mol. The van der Waals surface area contributed by atoms with Crippen molar-refractivity contribution in [2.45, 2.75) is 89.3 Å². The molecule has 3 rings (SSSR count). The van der Waals surface area contributed by atoms with E-state index in [0.717, 1.165) is 64.1 Å². The molecule has 0 N–H and O–H groups in total. The van der Waals surface area contributed by atoms with Crippen LogP contribution in [0.5, 0.6) is 0 Å². The third-order valence-corrected chi connectivity index (χ3v) is 7.84. The zero-order valence-corrected chi connectivity index (χ0v) is 21.2. The van der Waals surface area contributed by atoms with Gasteiger partial charge in [-0.3, -0.25) is 0 Å². The maximum absolute atomic E-state index is 14.1. The lowest BCUT2D eigenvalue weighted by atomic mass is 9.62. The molecule has 0 bridgehead atoms. The van der Waals surface area contributed by atoms with E-state index in [1.807, 2.05) is 18.2 Å². The van der Waals surface area contributed by atoms with Crippen molar-refractivity contribution in [3.63, 3.8) is 0 Å². The van der Waals surface area contributed by atoms with Gasteiger partial charge in [-0.2, -0.15) is 18.4 Å². The number of alkyl halides is 3. The van der Waals surface area contributed by atoms with Gasteiger partial charge in [-0.15, -0.1) is 0 Å². The summed E-state index contributed by atoms with van der Waals surface area (Å²) in [6.45, 7) is 6.17. The molecule has 0 saturated heterocycles. The molecule has 2 atom stereocenters. The second kappa shape index (κ2) is 12.6. The summed E-state index contributed by atoms with van der Waals surface area (Å²) < 4.78 is 42.2. The molecule has 2 aromatic rings. The summed E-state index contributed by atoms with van der Waals surface area (Å²) in [5.41, 5.74) is -0.291. The highest BCUT2D eigenvalue weighted by molar-refractivity contribution is 5.42. The highest BCUT2D eigenvalue weighted by atomic mass is 19.4. The minimum atomic E-state index is -4.47. The van der Waals surface area contributed by atoms with Crippen LogP contribution in [0.3, 0.4) is 0 Å². The standard InChI is InChI=1S/C30H39F3N2/c1-3-21-35(22-19-25-12-6-4-7-13-25)24(2)18-20-29(23-34,26-14-8-5-9-15-26)27-16-10-11-17-28(27)30(31,32)33/h4,6-7,10-13,16-17,24,26H,3,5,8-9,14-15,18-22H2,1-2H3. The molecular weight excluding hydrogens is 445 g/mol. The SMILES string of the molecule is CCCN(CCc1ccccc1)C(C)CCC(C#N)(c1ccccc1C(F)(F)F)C1CCCCC1. The van der Waals surface area contributed by atoms with Gasteiger partial charge >= 0.3 is 6.18 Å². The highest BCUT2D eigenvalue weighted by Gasteiger charge is 2.46. The third kappa shape index (κ3) is 6.88. The van der Waals surface area contributed by atoms with Gasteiger partial charge in [0.15, 0.2) is 0 Å². The van der Waals surface area contributed by atoms with Crippen molar-refractivity contribution in [2.75, 3.05) is 13.1 Å². The topological polar surface area (TPSA) is 27.0 Å². The molecule has 1 aliphatic carbocycles. The van der Waals surface area contributed by atoms with Crippen LogP contribution in [0, 0.1) is 17.2 Å². The van der Waals surface area contributed by atoms with Gasteiger partial charge in [0.05, 0.1) is 17.0 Å². The van der Waals surface area contributed by atoms with Crippen molar-refractivity contribution in [3.8, 4) is 6.07 Å². The average Bonchev–Trinajstić information content (AvgIpc) is 2.88. The summed E-state index contributed by atoms with van der Waals surface area (Å²) in [4.78, 5) is 2.44. The lowest BCUT2D eigenvalue weighted by molar-refractivity contribution is -0.138. The number of nitrogens with zero attached hydrogens (tertiary/aromatic N) is 2. The van der Waals surface area contributed by atoms with Crippen LogP contribution in [0.15, 0.2) is 54.6 Å². The molecule has 0 aliphatic heterocycles. The maximum atomic E-state index is 14.1. The molecule has 190 valence electrons. The van der Waals surface area contributed by atoms with E-state index in [0.29, 0.717) is 12.8 Å². The number of hydrogen-bond donors (Lipinski definition) is 0. The smallest absolute Gasteiger partial charge is 0.300 e. The molecule has 0 heterocycles. The zero-order valence-electron chi connectivity index (χ0n) is 21.2. The largest absolute Gasteiger partial charge is 0.416 e. The van der Waals surface area contributed by atoms with Crippen LogP contribution in [-0.2, 0) is 18.0 Å². The normalized spacial score (nSPS) is 17.6. The lowest BCUT2D eigenvalue weighted by Crippen LogP contribution is -2.41. The van der Waals surface area contributed by atoms with E-state index in [2.05, 4.69) is 36.9 Å². The molecule has 0 spiro atoms. The molecule has 35 heavy (non-hydrogen) atoms. The summed E-state index contributed by atoms with van der Waals surface area (Å²) in [5, 5.41) is 10.5. The first-order chi connectivity index (χ1) is 16.8. The van der Waals surface area contributed by atoms with Gasteiger partial charge in [0.2, 0.25) is 0 Å². The number of benzene rings is 2. The molecular formula is C30H39F3N2. The zero-order chi connectivity index (χ0) is 25.3. The van der Waals surface area contributed by atoms with Crippen molar-refractivity contribution in [1.82, 2.24) is 4.90 Å². The predicted octanol–water partition coefficient (Wildman–Crippen LogP) is 8.17. The van der Waals surface area contributed by atoms with E-state index < -0.39 is 17.2 Å². The van der Waals surface area contributed by atoms with E-state index in [-0.39, 0.29) is 17.5 Å². The van der Waals surface area contributed by atoms with E-state index in [4.69, 9.17) is 0 Å². The quantitative estimate of drug-likeness (QED) is 0.322. The van der Waals surface area contributed by atoms with Crippen LogP contribution < -0.4 is 0 Å². The summed E-state index contributed by atoms with van der Waals surface area (Å²) in [5.74, 6) is -0.0408. The number of hydrogen-bond acceptors (Lipinski definition) is 2. The fourth-order valence-electron chi connectivity index (χ4n) is 5.86. The first-order valence-electron chi connectivity index (χ1n) is 13.2. The van der Waals surface area contributed by atoms with E-state index >= 15 is 0 Å². The minimum absolute atomic E-state index is 0.0408. The van der Waals surface area contributed by atoms with Gasteiger partial charge in [0, 0.05) is 12.6 Å². The van der Waals surface area contributed by atoms with Crippen molar-refractivity contribution in [2.24, 2.45) is 5.92 Å². The summed E-state index contributed by atoms with van der Waals surface area (Å²) in [6, 6.07) is 18.8. The molecule has 1 saturated carbocycles. The van der Waals surface area contributed by atoms with E-state index in [9.17, 15) is 18.4 Å². The van der Waals surface area contributed by atoms with Crippen LogP contribution in [0.1, 0.15) is 81.9 Å². The van der Waals surface area contributed by atoms with Crippen LogP contribution in [-0.4, -0.2) is 24.0 Å². The van der Waals surface area contributed by atoms with Gasteiger partial charge in [0.1, 0.15) is 0 Å². The first kappa shape index (κ1) is 27.3. The van der Waals surface area contributed by atoms with Crippen LogP contribution >= 0.6 is 0 Å². The molecule has 2 nitrogen and oxygen atoms in total. The Labute approximate surface area is 209 Å². The Morgan fingerprint density at radius 3 is 2.17 bits per heavy atom. The van der Waals surface area contributed by atoms with E-state index in [1.165, 1.54) is 11.6 Å². The Morgan fingerprint density at radius 1 is 0.943 bits per heavy atom. The molecule has 0 radical (unpaired) electrons. The molecule has 5 heteroatoms. The second-order valence-corrected chi connectivity index (χ2v) is 10.1. The van der Waals surface area contributed by atoms with Gasteiger partial charge < -0.3 is 4.90 Å². The maximum Gasteiger partial charge on any atom is 0.416 e. The molecule has 2 aromatic carbocycles. The Balaban J connectivity index is 1.85. The molecule has 2 unspecified atom stereocenters. The summed E-state index contributed by atoms with van der Waals surface area (Å²) in [7, 11) is 0. The number of rotatable bonds is 11. The van der Waals surface area contributed by atoms with Gasteiger partial charge in [-0.05, 0) is 75.1 Å². The first-order valence-corrected chi connectivity index (χ1v) is 13.2. The fourth-order valence-corrected chi connectivity index (χ4v) is 5.86. The average molecular weight is 485 g/mol. The Hall–Kier alpha value is -2.32. The third-order valence-electron chi connectivity index (χ3n) is 7.84. The van der Waals surface area contributed by atoms with Crippen molar-refractivity contribution in [3.05, 3.63) is 71.3 Å². The highest BCUT2D eigenvalue weighted by Crippen LogP contribution is 2.48. The molecule has 1 fully saturated rings. The predicted molar refractivity (Wildman–Crippen MR) is 136 cm³/mol. The van der Waals surface area contributed by atoms with Crippen LogP contribution in [0.2, 0.25) is 0 Å². The fraction of sp³-hybridized carbons (Fsp3) is 0.567. The second-order valence-electron chi connectivity index (χ2n) is 10.1. The van der Waals surface area contributed by atoms with Crippen LogP contribution in [0.25, 0.3) is 0 Å². The summed E-state index contributed by atoms with van der Waals surface area (Å²) >= 11 is 0.